The van der Waals surface area contributed by atoms with Crippen molar-refractivity contribution in [1.82, 2.24) is 15.6 Å². The highest BCUT2D eigenvalue weighted by molar-refractivity contribution is 5.89. The van der Waals surface area contributed by atoms with Gasteiger partial charge in [0.25, 0.3) is 5.91 Å². The van der Waals surface area contributed by atoms with Gasteiger partial charge in [-0.3, -0.25) is 15.6 Å². The number of carboxylic acids is 1. The molecular formula is C16H20N4O4. The standard InChI is InChI=1S/C16H20N4O4/c21-14(19-18-12-5-3-10(4-6-12)15(22)23)13-2-1-9-20(13)16(24)17-11-7-8-11/h3-6,11,13,18H,1-2,7-9H2,(H,17,24)(H,19,21)(H,22,23)/t13-/m0/s1. The van der Waals surface area contributed by atoms with Crippen molar-refractivity contribution >= 4 is 23.6 Å². The molecule has 1 saturated carbocycles. The van der Waals surface area contributed by atoms with Gasteiger partial charge in [-0.2, -0.15) is 0 Å². The van der Waals surface area contributed by atoms with Crippen LogP contribution in [0.5, 0.6) is 0 Å². The number of nitrogens with zero attached hydrogens (tertiary/aromatic N) is 1. The largest absolute Gasteiger partial charge is 0.478 e. The number of carbonyl (C=O) groups is 3. The number of carboxylic acid groups (broad SMARTS) is 1. The second-order valence-electron chi connectivity index (χ2n) is 6.07. The molecule has 0 spiro atoms. The second-order valence-corrected chi connectivity index (χ2v) is 6.07. The molecule has 0 unspecified atom stereocenters. The number of hydrogen-bond acceptors (Lipinski definition) is 4. The number of nitrogens with one attached hydrogen (secondary N) is 3. The number of urea groups is 1. The van der Waals surface area contributed by atoms with Crippen LogP contribution in [-0.4, -0.2) is 46.5 Å². The summed E-state index contributed by atoms with van der Waals surface area (Å²) < 4.78 is 0. The summed E-state index contributed by atoms with van der Waals surface area (Å²) in [6, 6.07) is 5.61. The number of hydrazine groups is 1. The van der Waals surface area contributed by atoms with Gasteiger partial charge in [0.2, 0.25) is 0 Å². The average molecular weight is 332 g/mol. The molecule has 4 N–H and O–H groups in total. The van der Waals surface area contributed by atoms with Crippen molar-refractivity contribution < 1.29 is 19.5 Å². The van der Waals surface area contributed by atoms with Crippen LogP contribution in [0.1, 0.15) is 36.0 Å². The van der Waals surface area contributed by atoms with E-state index in [-0.39, 0.29) is 23.5 Å². The molecule has 2 fully saturated rings. The van der Waals surface area contributed by atoms with E-state index in [9.17, 15) is 14.4 Å². The molecule has 0 bridgehead atoms. The first-order valence-corrected chi connectivity index (χ1v) is 8.01. The predicted octanol–water partition coefficient (Wildman–Crippen LogP) is 1.16. The molecule has 3 rings (SSSR count). The Morgan fingerprint density at radius 2 is 1.79 bits per heavy atom. The predicted molar refractivity (Wildman–Crippen MR) is 86.4 cm³/mol. The number of benzene rings is 1. The number of aromatic carboxylic acids is 1. The number of likely N-dealkylation sites (tertiary alicyclic amines) is 1. The van der Waals surface area contributed by atoms with Crippen molar-refractivity contribution in [3.63, 3.8) is 0 Å². The maximum atomic E-state index is 12.3. The van der Waals surface area contributed by atoms with Gasteiger partial charge in [0, 0.05) is 12.6 Å². The third-order valence-corrected chi connectivity index (χ3v) is 4.18. The highest BCUT2D eigenvalue weighted by atomic mass is 16.4. The maximum Gasteiger partial charge on any atom is 0.335 e. The molecule has 1 atom stereocenters. The van der Waals surface area contributed by atoms with Gasteiger partial charge in [-0.15, -0.1) is 0 Å². The van der Waals surface area contributed by atoms with Crippen LogP contribution in [0, 0.1) is 0 Å². The molecule has 2 aliphatic rings. The van der Waals surface area contributed by atoms with Gasteiger partial charge in [-0.25, -0.2) is 9.59 Å². The van der Waals surface area contributed by atoms with Crippen molar-refractivity contribution in [3.05, 3.63) is 29.8 Å². The summed E-state index contributed by atoms with van der Waals surface area (Å²) in [5.74, 6) is -1.28. The molecule has 0 radical (unpaired) electrons. The quantitative estimate of drug-likeness (QED) is 0.605. The van der Waals surface area contributed by atoms with Gasteiger partial charge in [0.05, 0.1) is 11.3 Å². The first kappa shape index (κ1) is 16.1. The summed E-state index contributed by atoms with van der Waals surface area (Å²) in [5.41, 5.74) is 6.08. The molecule has 24 heavy (non-hydrogen) atoms. The number of carbonyl (C=O) groups excluding carboxylic acids is 2. The van der Waals surface area contributed by atoms with E-state index in [0.717, 1.165) is 19.3 Å². The van der Waals surface area contributed by atoms with Crippen molar-refractivity contribution in [3.8, 4) is 0 Å². The van der Waals surface area contributed by atoms with Gasteiger partial charge in [0.15, 0.2) is 0 Å². The van der Waals surface area contributed by atoms with Gasteiger partial charge >= 0.3 is 12.0 Å². The van der Waals surface area contributed by atoms with E-state index in [1.54, 1.807) is 17.0 Å². The van der Waals surface area contributed by atoms with Crippen molar-refractivity contribution in [2.24, 2.45) is 0 Å². The van der Waals surface area contributed by atoms with E-state index in [0.29, 0.717) is 18.7 Å². The van der Waals surface area contributed by atoms with E-state index in [4.69, 9.17) is 5.11 Å². The number of amides is 3. The second kappa shape index (κ2) is 6.77. The summed E-state index contributed by atoms with van der Waals surface area (Å²) in [6.07, 6.45) is 3.43. The lowest BCUT2D eigenvalue weighted by molar-refractivity contribution is -0.124. The zero-order chi connectivity index (χ0) is 17.1. The monoisotopic (exact) mass is 332 g/mol. The number of anilines is 1. The minimum Gasteiger partial charge on any atom is -0.478 e. The minimum atomic E-state index is -1.01. The smallest absolute Gasteiger partial charge is 0.335 e. The van der Waals surface area contributed by atoms with Crippen LogP contribution in [0.15, 0.2) is 24.3 Å². The molecule has 1 heterocycles. The molecule has 1 saturated heterocycles. The summed E-state index contributed by atoms with van der Waals surface area (Å²) >= 11 is 0. The Kier molecular flexibility index (Phi) is 4.54. The van der Waals surface area contributed by atoms with Crippen LogP contribution in [0.4, 0.5) is 10.5 Å². The summed E-state index contributed by atoms with van der Waals surface area (Å²) in [7, 11) is 0. The van der Waals surface area contributed by atoms with E-state index < -0.39 is 12.0 Å². The highest BCUT2D eigenvalue weighted by Gasteiger charge is 2.36. The Labute approximate surface area is 139 Å². The van der Waals surface area contributed by atoms with Gasteiger partial charge in [-0.1, -0.05) is 0 Å². The third kappa shape index (κ3) is 3.76. The third-order valence-electron chi connectivity index (χ3n) is 4.18. The minimum absolute atomic E-state index is 0.172. The van der Waals surface area contributed by atoms with Crippen molar-refractivity contribution in [2.75, 3.05) is 12.0 Å². The fourth-order valence-electron chi connectivity index (χ4n) is 2.68. The zero-order valence-electron chi connectivity index (χ0n) is 13.1. The van der Waals surface area contributed by atoms with E-state index in [1.807, 2.05) is 0 Å². The Morgan fingerprint density at radius 3 is 2.42 bits per heavy atom. The van der Waals surface area contributed by atoms with Crippen LogP contribution < -0.4 is 16.2 Å². The van der Waals surface area contributed by atoms with E-state index in [2.05, 4.69) is 16.2 Å². The fourth-order valence-corrected chi connectivity index (χ4v) is 2.68. The first-order valence-electron chi connectivity index (χ1n) is 8.01. The van der Waals surface area contributed by atoms with Crippen LogP contribution in [0.25, 0.3) is 0 Å². The van der Waals surface area contributed by atoms with Gasteiger partial charge in [-0.05, 0) is 49.9 Å². The normalized spacial score (nSPS) is 19.7. The molecule has 1 aromatic carbocycles. The van der Waals surface area contributed by atoms with E-state index >= 15 is 0 Å². The van der Waals surface area contributed by atoms with Gasteiger partial charge in [0.1, 0.15) is 6.04 Å². The first-order chi connectivity index (χ1) is 11.5. The molecular weight excluding hydrogens is 312 g/mol. The molecule has 8 nitrogen and oxygen atoms in total. The van der Waals surface area contributed by atoms with Crippen LogP contribution >= 0.6 is 0 Å². The maximum absolute atomic E-state index is 12.3. The fraction of sp³-hybridized carbons (Fsp3) is 0.438. The van der Waals surface area contributed by atoms with Crippen molar-refractivity contribution in [2.45, 2.75) is 37.8 Å². The molecule has 1 aliphatic heterocycles. The summed E-state index contributed by atoms with van der Waals surface area (Å²) in [6.45, 7) is 0.573. The molecule has 3 amide bonds. The Balaban J connectivity index is 1.53. The number of rotatable bonds is 5. The lowest BCUT2D eigenvalue weighted by atomic mass is 10.2. The average Bonchev–Trinajstić information content (AvgIpc) is 3.24. The van der Waals surface area contributed by atoms with E-state index in [1.165, 1.54) is 12.1 Å². The zero-order valence-corrected chi connectivity index (χ0v) is 13.1. The highest BCUT2D eigenvalue weighted by Crippen LogP contribution is 2.22. The Morgan fingerprint density at radius 1 is 1.08 bits per heavy atom. The lowest BCUT2D eigenvalue weighted by Crippen LogP contribution is -2.50. The SMILES string of the molecule is O=C(O)c1ccc(NNC(=O)[C@@H]2CCCN2C(=O)NC2CC2)cc1. The molecule has 1 aromatic rings. The molecule has 128 valence electrons. The Bertz CT molecular complexity index is 642. The number of hydrogen-bond donors (Lipinski definition) is 4. The molecule has 8 heteroatoms. The lowest BCUT2D eigenvalue weighted by Gasteiger charge is -2.24. The van der Waals surface area contributed by atoms with Gasteiger partial charge < -0.3 is 15.3 Å². The summed E-state index contributed by atoms with van der Waals surface area (Å²) in [4.78, 5) is 36.8. The van der Waals surface area contributed by atoms with Crippen LogP contribution in [0.3, 0.4) is 0 Å². The summed E-state index contributed by atoms with van der Waals surface area (Å²) in [5, 5.41) is 11.8. The Hall–Kier alpha value is -2.77. The molecule has 0 aromatic heterocycles. The molecule has 1 aliphatic carbocycles. The van der Waals surface area contributed by atoms with Crippen LogP contribution in [-0.2, 0) is 4.79 Å². The van der Waals surface area contributed by atoms with Crippen LogP contribution in [0.2, 0.25) is 0 Å². The van der Waals surface area contributed by atoms with Crippen molar-refractivity contribution in [1.29, 1.82) is 0 Å². The topological polar surface area (TPSA) is 111 Å².